The second kappa shape index (κ2) is 15.6. The maximum Gasteiger partial charge on any atom is 0.408 e. The molecule has 1 heterocycles. The first-order valence-corrected chi connectivity index (χ1v) is 17.3. The molecule has 1 aliphatic carbocycles. The van der Waals surface area contributed by atoms with Gasteiger partial charge in [-0.15, -0.1) is 0 Å². The minimum absolute atomic E-state index is 0.0724. The van der Waals surface area contributed by atoms with Crippen LogP contribution in [0.4, 0.5) is 4.79 Å². The second-order valence-electron chi connectivity index (χ2n) is 11.7. The fraction of sp³-hybridized carbons (Fsp3) is 0.371. The molecule has 10 nitrogen and oxygen atoms in total. The van der Waals surface area contributed by atoms with Crippen LogP contribution in [-0.2, 0) is 40.4 Å². The zero-order valence-corrected chi connectivity index (χ0v) is 30.4. The molecule has 1 fully saturated rings. The predicted molar refractivity (Wildman–Crippen MR) is 185 cm³/mol. The number of nitrogens with one attached hydrogen (secondary N) is 1. The summed E-state index contributed by atoms with van der Waals surface area (Å²) in [5, 5.41) is 2.41. The van der Waals surface area contributed by atoms with Gasteiger partial charge in [0.05, 0.1) is 18.7 Å². The molecule has 2 unspecified atom stereocenters. The second-order valence-corrected chi connectivity index (χ2v) is 15.0. The van der Waals surface area contributed by atoms with Crippen molar-refractivity contribution in [2.45, 2.75) is 59.4 Å². The van der Waals surface area contributed by atoms with E-state index in [1.807, 2.05) is 30.3 Å². The number of ether oxygens (including phenoxy) is 5. The predicted octanol–water partition coefficient (Wildman–Crippen LogP) is 7.11. The minimum atomic E-state index is -2.10. The number of hydrogen-bond donors (Lipinski definition) is 1. The number of rotatable bonds is 10. The summed E-state index contributed by atoms with van der Waals surface area (Å²) in [4.78, 5) is 54.2. The first-order valence-electron chi connectivity index (χ1n) is 15.4. The van der Waals surface area contributed by atoms with Gasteiger partial charge >= 0.3 is 24.0 Å². The number of para-hydroxylation sites is 1. The summed E-state index contributed by atoms with van der Waals surface area (Å²) in [6.45, 7) is -0.569. The lowest BCUT2D eigenvalue weighted by molar-refractivity contribution is -0.162. The molecular weight excluding hydrogens is 765 g/mol. The van der Waals surface area contributed by atoms with Gasteiger partial charge in [-0.25, -0.2) is 14.4 Å². The van der Waals surface area contributed by atoms with Crippen LogP contribution in [0, 0.1) is 0 Å². The van der Waals surface area contributed by atoms with Crippen molar-refractivity contribution in [3.63, 3.8) is 0 Å². The Labute approximate surface area is 306 Å². The summed E-state index contributed by atoms with van der Waals surface area (Å²) in [7, 11) is 2.59. The molecule has 3 aromatic carbocycles. The summed E-state index contributed by atoms with van der Waals surface area (Å²) in [6, 6.07) is 18.3. The first-order chi connectivity index (χ1) is 23.4. The number of halogens is 4. The van der Waals surface area contributed by atoms with E-state index in [9.17, 15) is 19.2 Å². The summed E-state index contributed by atoms with van der Waals surface area (Å²) < 4.78 is 26.3. The van der Waals surface area contributed by atoms with Crippen LogP contribution in [-0.4, -0.2) is 60.8 Å². The van der Waals surface area contributed by atoms with Crippen molar-refractivity contribution in [1.29, 1.82) is 0 Å². The van der Waals surface area contributed by atoms with E-state index < -0.39 is 52.0 Å². The van der Waals surface area contributed by atoms with Crippen molar-refractivity contribution in [1.82, 2.24) is 5.32 Å². The van der Waals surface area contributed by atoms with Gasteiger partial charge in [-0.3, -0.25) is 4.79 Å². The zero-order valence-electron chi connectivity index (χ0n) is 26.5. The number of hydrogen-bond acceptors (Lipinski definition) is 9. The van der Waals surface area contributed by atoms with Gasteiger partial charge in [0.25, 0.3) is 0 Å². The van der Waals surface area contributed by atoms with Crippen molar-refractivity contribution in [3.05, 3.63) is 93.5 Å². The van der Waals surface area contributed by atoms with E-state index in [1.165, 1.54) is 13.2 Å². The molecule has 14 heteroatoms. The number of amides is 1. The lowest BCUT2D eigenvalue weighted by Gasteiger charge is -2.35. The molecule has 1 aliphatic heterocycles. The lowest BCUT2D eigenvalue weighted by atomic mass is 9.74. The van der Waals surface area contributed by atoms with Crippen molar-refractivity contribution >= 4 is 74.7 Å². The Morgan fingerprint density at radius 2 is 1.73 bits per heavy atom. The molecular formula is C35H33BrCl3NO9. The number of methoxy groups -OCH3 is 2. The Bertz CT molecular complexity index is 1720. The number of fused-ring (bicyclic) bond motifs is 1. The quantitative estimate of drug-likeness (QED) is 0.0751. The Morgan fingerprint density at radius 3 is 2.43 bits per heavy atom. The third kappa shape index (κ3) is 7.95. The van der Waals surface area contributed by atoms with Gasteiger partial charge < -0.3 is 29.0 Å². The van der Waals surface area contributed by atoms with Gasteiger partial charge in [0, 0.05) is 23.5 Å². The molecule has 1 saturated carbocycles. The van der Waals surface area contributed by atoms with Crippen LogP contribution < -0.4 is 14.8 Å². The number of alkyl halides is 3. The summed E-state index contributed by atoms with van der Waals surface area (Å²) >= 11 is 20.5. The van der Waals surface area contributed by atoms with Crippen molar-refractivity contribution in [3.8, 4) is 11.5 Å². The highest BCUT2D eigenvalue weighted by atomic mass is 79.9. The number of benzene rings is 3. The number of esters is 3. The van der Waals surface area contributed by atoms with Crippen LogP contribution >= 0.6 is 50.7 Å². The topological polar surface area (TPSA) is 126 Å². The molecule has 2 aliphatic rings. The number of carbonyl (C=O) groups excluding carboxylic acids is 4. The van der Waals surface area contributed by atoms with E-state index in [4.69, 9.17) is 58.5 Å². The molecule has 0 aromatic heterocycles. The molecule has 1 N–H and O–H groups in total. The van der Waals surface area contributed by atoms with Crippen molar-refractivity contribution in [2.75, 3.05) is 20.8 Å². The Kier molecular flexibility index (Phi) is 11.7. The van der Waals surface area contributed by atoms with Gasteiger partial charge in [0.1, 0.15) is 30.3 Å². The summed E-state index contributed by atoms with van der Waals surface area (Å²) in [5.74, 6) is -2.19. The van der Waals surface area contributed by atoms with E-state index in [0.717, 1.165) is 31.9 Å². The number of alkyl carbamates (subject to hydrolysis) is 1. The fourth-order valence-electron chi connectivity index (χ4n) is 6.39. The molecule has 0 saturated heterocycles. The average molecular weight is 798 g/mol. The van der Waals surface area contributed by atoms with Gasteiger partial charge in [0.2, 0.25) is 9.21 Å². The first kappa shape index (κ1) is 36.8. The highest BCUT2D eigenvalue weighted by Crippen LogP contribution is 2.51. The Hall–Kier alpha value is -3.51. The minimum Gasteiger partial charge on any atom is -0.495 e. The largest absolute Gasteiger partial charge is 0.495 e. The standard InChI is InChI=1S/C35H33BrCl3NO9/c1-45-29-23(12-8-13-25(29)36)35(31(42)48-27-14-7-6-11-22(27)21-9-4-3-5-10-21)24-17-20(15-16-28(24)49-32(35)43)18-26(30(41)46-2)40-33(44)47-19-34(37,38)39/h3-5,8-10,12-13,15-17,22,26-27H,6-7,11,14,18-19H2,1-2H3,(H,40,44)/t22?,26-,27?,35-/m0/s1. The molecule has 1 amide bonds. The maximum atomic E-state index is 14.8. The summed E-state index contributed by atoms with van der Waals surface area (Å²) in [6.07, 6.45) is 1.58. The van der Waals surface area contributed by atoms with E-state index in [2.05, 4.69) is 21.2 Å². The highest BCUT2D eigenvalue weighted by molar-refractivity contribution is 9.10. The molecule has 3 aromatic rings. The van der Waals surface area contributed by atoms with E-state index in [0.29, 0.717) is 16.5 Å². The molecule has 0 bridgehead atoms. The van der Waals surface area contributed by atoms with Gasteiger partial charge in [-0.1, -0.05) is 89.8 Å². The lowest BCUT2D eigenvalue weighted by Crippen LogP contribution is -2.47. The molecule has 260 valence electrons. The van der Waals surface area contributed by atoms with Gasteiger partial charge in [-0.05, 0) is 64.5 Å². The molecule has 4 atom stereocenters. The number of carbonyl (C=O) groups is 4. The van der Waals surface area contributed by atoms with Crippen LogP contribution in [0.15, 0.2) is 71.2 Å². The normalized spacial score (nSPS) is 20.7. The average Bonchev–Trinajstić information content (AvgIpc) is 3.38. The monoisotopic (exact) mass is 795 g/mol. The summed E-state index contributed by atoms with van der Waals surface area (Å²) in [5.41, 5.74) is -0.220. The zero-order chi connectivity index (χ0) is 35.3. The van der Waals surface area contributed by atoms with Crippen LogP contribution in [0.3, 0.4) is 0 Å². The van der Waals surface area contributed by atoms with E-state index >= 15 is 0 Å². The third-order valence-corrected chi connectivity index (χ3v) is 9.56. The van der Waals surface area contributed by atoms with Crippen molar-refractivity contribution < 1.29 is 42.9 Å². The third-order valence-electron chi connectivity index (χ3n) is 8.61. The van der Waals surface area contributed by atoms with E-state index in [-0.39, 0.29) is 35.0 Å². The SMILES string of the molecule is COC(=O)[C@H](Cc1ccc2c(c1)[C@](C(=O)OC1CCCCC1c1ccccc1)(c1cccc(Br)c1OC)C(=O)O2)NC(=O)OCC(Cl)(Cl)Cl. The highest BCUT2D eigenvalue weighted by Gasteiger charge is 2.60. The maximum absolute atomic E-state index is 14.8. The Morgan fingerprint density at radius 1 is 1.00 bits per heavy atom. The van der Waals surface area contributed by atoms with Crippen molar-refractivity contribution in [2.24, 2.45) is 0 Å². The molecule has 49 heavy (non-hydrogen) atoms. The Balaban J connectivity index is 1.56. The van der Waals surface area contributed by atoms with Crippen LogP contribution in [0.25, 0.3) is 0 Å². The molecule has 5 rings (SSSR count). The van der Waals surface area contributed by atoms with Gasteiger partial charge in [0.15, 0.2) is 0 Å². The molecule has 0 radical (unpaired) electrons. The van der Waals surface area contributed by atoms with E-state index in [1.54, 1.807) is 30.3 Å². The van der Waals surface area contributed by atoms with Crippen LogP contribution in [0.2, 0.25) is 0 Å². The fourth-order valence-corrected chi connectivity index (χ4v) is 7.08. The van der Waals surface area contributed by atoms with Crippen LogP contribution in [0.5, 0.6) is 11.5 Å². The van der Waals surface area contributed by atoms with Gasteiger partial charge in [-0.2, -0.15) is 0 Å². The van der Waals surface area contributed by atoms with Crippen LogP contribution in [0.1, 0.15) is 53.9 Å². The molecule has 0 spiro atoms. The smallest absolute Gasteiger partial charge is 0.408 e.